The Morgan fingerprint density at radius 3 is 2.37 bits per heavy atom. The third-order valence-electron chi connectivity index (χ3n) is 5.52. The summed E-state index contributed by atoms with van der Waals surface area (Å²) in [5, 5.41) is -0.138. The van der Waals surface area contributed by atoms with Gasteiger partial charge in [-0.25, -0.2) is 8.42 Å². The van der Waals surface area contributed by atoms with E-state index in [1.165, 1.54) is 31.9 Å². The molecule has 0 aromatic rings. The van der Waals surface area contributed by atoms with Gasteiger partial charge in [-0.15, -0.1) is 0 Å². The SMILES string of the molecule is CCC1CCC(C(N)C2CCCC(S(C)(=O)=O)C2)C1. The van der Waals surface area contributed by atoms with Gasteiger partial charge in [0.2, 0.25) is 0 Å². The number of rotatable bonds is 4. The van der Waals surface area contributed by atoms with Gasteiger partial charge in [-0.1, -0.05) is 26.2 Å². The van der Waals surface area contributed by atoms with Crippen LogP contribution in [0, 0.1) is 17.8 Å². The molecule has 0 bridgehead atoms. The van der Waals surface area contributed by atoms with E-state index in [4.69, 9.17) is 5.73 Å². The molecule has 2 aliphatic rings. The summed E-state index contributed by atoms with van der Waals surface area (Å²) >= 11 is 0. The molecule has 0 saturated heterocycles. The molecular weight excluding hydrogens is 258 g/mol. The highest BCUT2D eigenvalue weighted by Gasteiger charge is 2.37. The van der Waals surface area contributed by atoms with Crippen LogP contribution >= 0.6 is 0 Å². The summed E-state index contributed by atoms with van der Waals surface area (Å²) in [6.07, 6.45) is 10.3. The Kier molecular flexibility index (Phi) is 4.93. The highest BCUT2D eigenvalue weighted by Crippen LogP contribution is 2.40. The molecule has 0 amide bonds. The van der Waals surface area contributed by atoms with Gasteiger partial charge in [-0.05, 0) is 49.9 Å². The van der Waals surface area contributed by atoms with Crippen molar-refractivity contribution in [2.24, 2.45) is 23.5 Å². The predicted molar refractivity (Wildman–Crippen MR) is 79.7 cm³/mol. The van der Waals surface area contributed by atoms with E-state index in [-0.39, 0.29) is 11.3 Å². The van der Waals surface area contributed by atoms with Crippen LogP contribution in [0.3, 0.4) is 0 Å². The Bertz CT molecular complexity index is 393. The number of nitrogens with two attached hydrogens (primary N) is 1. The molecule has 5 unspecified atom stereocenters. The van der Waals surface area contributed by atoms with Crippen molar-refractivity contribution < 1.29 is 8.42 Å². The largest absolute Gasteiger partial charge is 0.327 e. The summed E-state index contributed by atoms with van der Waals surface area (Å²) < 4.78 is 23.5. The lowest BCUT2D eigenvalue weighted by atomic mass is 9.78. The van der Waals surface area contributed by atoms with Crippen molar-refractivity contribution in [1.29, 1.82) is 0 Å². The van der Waals surface area contributed by atoms with Crippen molar-refractivity contribution in [3.05, 3.63) is 0 Å². The molecule has 5 atom stereocenters. The zero-order valence-electron chi connectivity index (χ0n) is 12.3. The summed E-state index contributed by atoms with van der Waals surface area (Å²) in [6, 6.07) is 0.223. The molecule has 2 rings (SSSR count). The van der Waals surface area contributed by atoms with Gasteiger partial charge in [-0.3, -0.25) is 0 Å². The van der Waals surface area contributed by atoms with Gasteiger partial charge in [0.05, 0.1) is 5.25 Å². The number of hydrogen-bond donors (Lipinski definition) is 1. The minimum absolute atomic E-state index is 0.138. The normalized spacial score (nSPS) is 38.3. The van der Waals surface area contributed by atoms with Crippen LogP contribution in [0.4, 0.5) is 0 Å². The Balaban J connectivity index is 1.94. The van der Waals surface area contributed by atoms with E-state index in [9.17, 15) is 8.42 Å². The van der Waals surface area contributed by atoms with Gasteiger partial charge in [0.15, 0.2) is 0 Å². The molecule has 0 spiro atoms. The third kappa shape index (κ3) is 3.72. The zero-order chi connectivity index (χ0) is 14.0. The van der Waals surface area contributed by atoms with Crippen LogP contribution < -0.4 is 5.73 Å². The fourth-order valence-electron chi connectivity index (χ4n) is 4.14. The highest BCUT2D eigenvalue weighted by molar-refractivity contribution is 7.91. The monoisotopic (exact) mass is 287 g/mol. The van der Waals surface area contributed by atoms with Crippen LogP contribution in [0.2, 0.25) is 0 Å². The van der Waals surface area contributed by atoms with Gasteiger partial charge in [-0.2, -0.15) is 0 Å². The Morgan fingerprint density at radius 1 is 1.11 bits per heavy atom. The van der Waals surface area contributed by atoms with Crippen molar-refractivity contribution in [2.75, 3.05) is 6.26 Å². The van der Waals surface area contributed by atoms with Crippen LogP contribution in [-0.2, 0) is 9.84 Å². The molecule has 0 aliphatic heterocycles. The van der Waals surface area contributed by atoms with Gasteiger partial charge >= 0.3 is 0 Å². The van der Waals surface area contributed by atoms with Crippen LogP contribution in [0.15, 0.2) is 0 Å². The molecule has 112 valence electrons. The average Bonchev–Trinajstić information content (AvgIpc) is 2.86. The second kappa shape index (κ2) is 6.13. The van der Waals surface area contributed by atoms with E-state index < -0.39 is 9.84 Å². The topological polar surface area (TPSA) is 60.2 Å². The van der Waals surface area contributed by atoms with Crippen molar-refractivity contribution in [3.63, 3.8) is 0 Å². The van der Waals surface area contributed by atoms with E-state index in [0.29, 0.717) is 11.8 Å². The first-order chi connectivity index (χ1) is 8.91. The molecule has 2 N–H and O–H groups in total. The lowest BCUT2D eigenvalue weighted by Crippen LogP contribution is -2.41. The molecule has 2 saturated carbocycles. The molecule has 0 aromatic heterocycles. The molecule has 2 fully saturated rings. The zero-order valence-corrected chi connectivity index (χ0v) is 13.2. The minimum Gasteiger partial charge on any atom is -0.327 e. The number of hydrogen-bond acceptors (Lipinski definition) is 3. The molecule has 0 aromatic carbocycles. The highest BCUT2D eigenvalue weighted by atomic mass is 32.2. The Hall–Kier alpha value is -0.0900. The maximum absolute atomic E-state index is 11.7. The maximum Gasteiger partial charge on any atom is 0.150 e. The first-order valence-corrected chi connectivity index (χ1v) is 9.81. The van der Waals surface area contributed by atoms with Gasteiger partial charge in [0.1, 0.15) is 9.84 Å². The summed E-state index contributed by atoms with van der Waals surface area (Å²) in [5.74, 6) is 1.91. The second-order valence-electron chi connectivity index (χ2n) is 6.80. The summed E-state index contributed by atoms with van der Waals surface area (Å²) in [5.41, 5.74) is 6.48. The smallest absolute Gasteiger partial charge is 0.150 e. The summed E-state index contributed by atoms with van der Waals surface area (Å²) in [4.78, 5) is 0. The van der Waals surface area contributed by atoms with E-state index >= 15 is 0 Å². The van der Waals surface area contributed by atoms with Crippen molar-refractivity contribution >= 4 is 9.84 Å². The minimum atomic E-state index is -2.89. The molecule has 0 heterocycles. The molecular formula is C15H29NO2S. The Labute approximate surface area is 118 Å². The fourth-order valence-corrected chi connectivity index (χ4v) is 5.33. The molecule has 3 nitrogen and oxygen atoms in total. The fraction of sp³-hybridized carbons (Fsp3) is 1.00. The number of sulfone groups is 1. The third-order valence-corrected chi connectivity index (χ3v) is 7.16. The van der Waals surface area contributed by atoms with E-state index in [1.54, 1.807) is 0 Å². The van der Waals surface area contributed by atoms with Crippen molar-refractivity contribution in [3.8, 4) is 0 Å². The van der Waals surface area contributed by atoms with E-state index in [2.05, 4.69) is 6.92 Å². The summed E-state index contributed by atoms with van der Waals surface area (Å²) in [6.45, 7) is 2.26. The standard InChI is InChI=1S/C15H29NO2S/c1-3-11-7-8-13(9-11)15(16)12-5-4-6-14(10-12)19(2,17)18/h11-15H,3-10,16H2,1-2H3. The molecule has 0 radical (unpaired) electrons. The average molecular weight is 287 g/mol. The molecule has 19 heavy (non-hydrogen) atoms. The second-order valence-corrected chi connectivity index (χ2v) is 9.13. The molecule has 2 aliphatic carbocycles. The first-order valence-electron chi connectivity index (χ1n) is 7.86. The maximum atomic E-state index is 11.7. The van der Waals surface area contributed by atoms with Crippen LogP contribution in [-0.4, -0.2) is 26.0 Å². The van der Waals surface area contributed by atoms with Gasteiger partial charge in [0.25, 0.3) is 0 Å². The van der Waals surface area contributed by atoms with Crippen molar-refractivity contribution in [1.82, 2.24) is 0 Å². The van der Waals surface area contributed by atoms with E-state index in [1.807, 2.05) is 0 Å². The predicted octanol–water partition coefficient (Wildman–Crippen LogP) is 2.74. The van der Waals surface area contributed by atoms with Gasteiger partial charge < -0.3 is 5.73 Å². The lowest BCUT2D eigenvalue weighted by molar-refractivity contribution is 0.242. The quantitative estimate of drug-likeness (QED) is 0.865. The van der Waals surface area contributed by atoms with Crippen LogP contribution in [0.1, 0.15) is 58.3 Å². The Morgan fingerprint density at radius 2 is 1.79 bits per heavy atom. The first kappa shape index (κ1) is 15.3. The van der Waals surface area contributed by atoms with Crippen LogP contribution in [0.25, 0.3) is 0 Å². The summed E-state index contributed by atoms with van der Waals surface area (Å²) in [7, 11) is -2.89. The lowest BCUT2D eigenvalue weighted by Gasteiger charge is -2.34. The van der Waals surface area contributed by atoms with Crippen LogP contribution in [0.5, 0.6) is 0 Å². The van der Waals surface area contributed by atoms with Gasteiger partial charge in [0, 0.05) is 12.3 Å². The van der Waals surface area contributed by atoms with Crippen molar-refractivity contribution in [2.45, 2.75) is 69.6 Å². The van der Waals surface area contributed by atoms with E-state index in [0.717, 1.165) is 31.6 Å². The molecule has 4 heteroatoms.